The summed E-state index contributed by atoms with van der Waals surface area (Å²) in [4.78, 5) is 10.8. The molecule has 0 aliphatic carbocycles. The zero-order valence-corrected chi connectivity index (χ0v) is 6.63. The number of carbonyl (C=O) groups is 1. The molecule has 11 heavy (non-hydrogen) atoms. The molecule has 0 aromatic carbocycles. The monoisotopic (exact) mass is 159 g/mol. The van der Waals surface area contributed by atoms with E-state index < -0.39 is 0 Å². The van der Waals surface area contributed by atoms with Gasteiger partial charge in [0, 0.05) is 13.0 Å². The molecular formula is C7H13NO3. The van der Waals surface area contributed by atoms with Crippen LogP contribution in [0, 0.1) is 0 Å². The van der Waals surface area contributed by atoms with Gasteiger partial charge in [-0.2, -0.15) is 0 Å². The summed E-state index contributed by atoms with van der Waals surface area (Å²) < 4.78 is 10.0. The van der Waals surface area contributed by atoms with Gasteiger partial charge in [0.05, 0.1) is 13.2 Å². The van der Waals surface area contributed by atoms with Crippen molar-refractivity contribution in [1.29, 1.82) is 0 Å². The van der Waals surface area contributed by atoms with Crippen molar-refractivity contribution in [3.8, 4) is 0 Å². The van der Waals surface area contributed by atoms with E-state index in [4.69, 9.17) is 9.47 Å². The topological polar surface area (TPSA) is 47.6 Å². The van der Waals surface area contributed by atoms with E-state index in [1.165, 1.54) is 0 Å². The molecule has 0 aromatic rings. The molecule has 1 heterocycles. The molecule has 1 amide bonds. The third-order valence-corrected chi connectivity index (χ3v) is 1.48. The number of carbonyl (C=O) groups excluding carboxylic acids is 1. The first kappa shape index (κ1) is 8.33. The van der Waals surface area contributed by atoms with Crippen LogP contribution in [0.4, 0.5) is 4.79 Å². The average Bonchev–Trinajstić information content (AvgIpc) is 2.40. The van der Waals surface area contributed by atoms with Crippen molar-refractivity contribution in [3.05, 3.63) is 0 Å². The Morgan fingerprint density at radius 1 is 1.82 bits per heavy atom. The van der Waals surface area contributed by atoms with Gasteiger partial charge in [-0.15, -0.1) is 0 Å². The van der Waals surface area contributed by atoms with Crippen molar-refractivity contribution in [2.75, 3.05) is 19.8 Å². The van der Waals surface area contributed by atoms with Gasteiger partial charge in [-0.1, -0.05) is 0 Å². The molecule has 4 heteroatoms. The Hall–Kier alpha value is -0.770. The molecule has 0 spiro atoms. The van der Waals surface area contributed by atoms with Gasteiger partial charge in [0.15, 0.2) is 0 Å². The van der Waals surface area contributed by atoms with E-state index in [1.54, 1.807) is 0 Å². The molecule has 0 radical (unpaired) electrons. The molecule has 1 aliphatic rings. The highest BCUT2D eigenvalue weighted by Gasteiger charge is 2.18. The summed E-state index contributed by atoms with van der Waals surface area (Å²) in [6.45, 7) is 3.69. The van der Waals surface area contributed by atoms with E-state index in [2.05, 4.69) is 5.32 Å². The lowest BCUT2D eigenvalue weighted by Gasteiger charge is -2.09. The van der Waals surface area contributed by atoms with E-state index in [-0.39, 0.29) is 12.2 Å². The summed E-state index contributed by atoms with van der Waals surface area (Å²) in [5.74, 6) is 0. The van der Waals surface area contributed by atoms with Gasteiger partial charge in [-0.3, -0.25) is 0 Å². The second-order valence-electron chi connectivity index (χ2n) is 2.42. The maximum Gasteiger partial charge on any atom is 0.407 e. The lowest BCUT2D eigenvalue weighted by molar-refractivity contribution is 0.0835. The highest BCUT2D eigenvalue weighted by Crippen LogP contribution is 2.07. The summed E-state index contributed by atoms with van der Waals surface area (Å²) in [5.41, 5.74) is 0. The number of hydrogen-bond acceptors (Lipinski definition) is 3. The van der Waals surface area contributed by atoms with Gasteiger partial charge in [0.1, 0.15) is 6.10 Å². The molecule has 1 N–H and O–H groups in total. The van der Waals surface area contributed by atoms with Gasteiger partial charge < -0.3 is 14.8 Å². The number of rotatable bonds is 2. The normalized spacial score (nSPS) is 23.2. The Bertz CT molecular complexity index is 132. The van der Waals surface area contributed by atoms with Gasteiger partial charge in [0.2, 0.25) is 0 Å². The van der Waals surface area contributed by atoms with Crippen molar-refractivity contribution in [2.45, 2.75) is 19.4 Å². The molecule has 1 atom stereocenters. The van der Waals surface area contributed by atoms with Crippen LogP contribution in [0.2, 0.25) is 0 Å². The van der Waals surface area contributed by atoms with Crippen LogP contribution in [-0.4, -0.2) is 32.0 Å². The maximum atomic E-state index is 10.8. The van der Waals surface area contributed by atoms with Crippen LogP contribution >= 0.6 is 0 Å². The maximum absolute atomic E-state index is 10.8. The Morgan fingerprint density at radius 3 is 3.18 bits per heavy atom. The molecule has 1 fully saturated rings. The Kier molecular flexibility index (Phi) is 3.16. The van der Waals surface area contributed by atoms with Crippen LogP contribution in [0.3, 0.4) is 0 Å². The number of nitrogens with one attached hydrogen (secondary N) is 1. The minimum atomic E-state index is -0.344. The second-order valence-corrected chi connectivity index (χ2v) is 2.42. The van der Waals surface area contributed by atoms with Crippen molar-refractivity contribution >= 4 is 6.09 Å². The van der Waals surface area contributed by atoms with Gasteiger partial charge in [-0.05, 0) is 6.92 Å². The van der Waals surface area contributed by atoms with E-state index in [9.17, 15) is 4.79 Å². The van der Waals surface area contributed by atoms with Crippen LogP contribution < -0.4 is 5.32 Å². The third kappa shape index (κ3) is 2.76. The highest BCUT2D eigenvalue weighted by molar-refractivity contribution is 5.67. The molecular weight excluding hydrogens is 146 g/mol. The third-order valence-electron chi connectivity index (χ3n) is 1.48. The van der Waals surface area contributed by atoms with Crippen molar-refractivity contribution < 1.29 is 14.3 Å². The Morgan fingerprint density at radius 2 is 2.64 bits per heavy atom. The lowest BCUT2D eigenvalue weighted by atomic mass is 10.3. The summed E-state index contributed by atoms with van der Waals surface area (Å²) in [6.07, 6.45) is 0.432. The largest absolute Gasteiger partial charge is 0.444 e. The minimum Gasteiger partial charge on any atom is -0.444 e. The lowest BCUT2D eigenvalue weighted by Crippen LogP contribution is -2.28. The standard InChI is InChI=1S/C7H13NO3/c1-2-8-7(9)11-6-3-4-10-5-6/h6H,2-5H2,1H3,(H,8,9). The summed E-state index contributed by atoms with van der Waals surface area (Å²) >= 11 is 0. The van der Waals surface area contributed by atoms with E-state index in [1.807, 2.05) is 6.92 Å². The second kappa shape index (κ2) is 4.18. The fourth-order valence-corrected chi connectivity index (χ4v) is 0.943. The Labute approximate surface area is 65.9 Å². The molecule has 0 bridgehead atoms. The van der Waals surface area contributed by atoms with Gasteiger partial charge >= 0.3 is 6.09 Å². The highest BCUT2D eigenvalue weighted by atomic mass is 16.6. The fourth-order valence-electron chi connectivity index (χ4n) is 0.943. The first-order chi connectivity index (χ1) is 5.33. The molecule has 0 aromatic heterocycles. The van der Waals surface area contributed by atoms with Crippen LogP contribution in [0.1, 0.15) is 13.3 Å². The van der Waals surface area contributed by atoms with Crippen LogP contribution in [0.25, 0.3) is 0 Å². The molecule has 1 unspecified atom stereocenters. The zero-order chi connectivity index (χ0) is 8.10. The molecule has 64 valence electrons. The van der Waals surface area contributed by atoms with Crippen LogP contribution in [-0.2, 0) is 9.47 Å². The van der Waals surface area contributed by atoms with E-state index >= 15 is 0 Å². The number of alkyl carbamates (subject to hydrolysis) is 1. The van der Waals surface area contributed by atoms with Crippen molar-refractivity contribution in [2.24, 2.45) is 0 Å². The zero-order valence-electron chi connectivity index (χ0n) is 6.63. The molecule has 1 aliphatic heterocycles. The summed E-state index contributed by atoms with van der Waals surface area (Å²) in [7, 11) is 0. The molecule has 1 rings (SSSR count). The predicted octanol–water partition coefficient (Wildman–Crippen LogP) is 0.521. The number of ether oxygens (including phenoxy) is 2. The quantitative estimate of drug-likeness (QED) is 0.639. The van der Waals surface area contributed by atoms with E-state index in [0.717, 1.165) is 6.42 Å². The Balaban J connectivity index is 2.13. The number of hydrogen-bond donors (Lipinski definition) is 1. The van der Waals surface area contributed by atoms with Crippen LogP contribution in [0.15, 0.2) is 0 Å². The predicted molar refractivity (Wildman–Crippen MR) is 39.4 cm³/mol. The smallest absolute Gasteiger partial charge is 0.407 e. The minimum absolute atomic E-state index is 0.0402. The SMILES string of the molecule is CCNC(=O)OC1CCOC1. The summed E-state index contributed by atoms with van der Waals surface area (Å²) in [6, 6.07) is 0. The van der Waals surface area contributed by atoms with Gasteiger partial charge in [0.25, 0.3) is 0 Å². The molecule has 1 saturated heterocycles. The van der Waals surface area contributed by atoms with Gasteiger partial charge in [-0.25, -0.2) is 4.79 Å². The average molecular weight is 159 g/mol. The first-order valence-electron chi connectivity index (χ1n) is 3.85. The van der Waals surface area contributed by atoms with Crippen molar-refractivity contribution in [1.82, 2.24) is 5.32 Å². The summed E-state index contributed by atoms with van der Waals surface area (Å²) in [5, 5.41) is 2.56. The molecule has 4 nitrogen and oxygen atoms in total. The molecule has 0 saturated carbocycles. The van der Waals surface area contributed by atoms with Crippen molar-refractivity contribution in [3.63, 3.8) is 0 Å². The van der Waals surface area contributed by atoms with Crippen LogP contribution in [0.5, 0.6) is 0 Å². The van der Waals surface area contributed by atoms with E-state index in [0.29, 0.717) is 19.8 Å². The first-order valence-corrected chi connectivity index (χ1v) is 3.85. The number of amides is 1. The fraction of sp³-hybridized carbons (Fsp3) is 0.857.